The molecule has 0 spiro atoms. The summed E-state index contributed by atoms with van der Waals surface area (Å²) in [5, 5.41) is 17.1. The highest BCUT2D eigenvalue weighted by Crippen LogP contribution is 2.28. The fourth-order valence-corrected chi connectivity index (χ4v) is 5.08. The molecule has 0 bridgehead atoms. The highest BCUT2D eigenvalue weighted by atomic mass is 16.7. The molecule has 2 N–H and O–H groups in total. The highest BCUT2D eigenvalue weighted by molar-refractivity contribution is 5.86. The maximum absolute atomic E-state index is 13.3. The van der Waals surface area contributed by atoms with Gasteiger partial charge >= 0.3 is 6.09 Å². The fourth-order valence-electron chi connectivity index (χ4n) is 5.08. The van der Waals surface area contributed by atoms with E-state index < -0.39 is 17.7 Å². The lowest BCUT2D eigenvalue weighted by Crippen LogP contribution is -2.70. The first-order valence-electron chi connectivity index (χ1n) is 12.4. The van der Waals surface area contributed by atoms with E-state index in [-0.39, 0.29) is 5.91 Å². The molecule has 2 aliphatic heterocycles. The van der Waals surface area contributed by atoms with E-state index in [9.17, 15) is 14.9 Å². The topological polar surface area (TPSA) is 107 Å². The van der Waals surface area contributed by atoms with Crippen LogP contribution in [0.4, 0.5) is 4.79 Å². The molecule has 1 aromatic rings. The number of amides is 2. The number of ether oxygens (including phenoxy) is 1. The largest absolute Gasteiger partial charge is 0.426 e. The number of hydrogen-bond donors (Lipinski definition) is 2. The molecule has 9 heteroatoms. The van der Waals surface area contributed by atoms with Crippen LogP contribution in [0.5, 0.6) is 0 Å². The SMILES string of the molecule is N#CC1(NC(=O)C(CC2CCCCC2)NC(=O)ON2CCOCC2)CN(Cc2ccccc2)C1. The van der Waals surface area contributed by atoms with Gasteiger partial charge in [-0.25, -0.2) is 4.79 Å². The molecule has 2 amide bonds. The highest BCUT2D eigenvalue weighted by Gasteiger charge is 2.45. The van der Waals surface area contributed by atoms with Gasteiger partial charge in [0.1, 0.15) is 6.04 Å². The molecule has 0 radical (unpaired) electrons. The van der Waals surface area contributed by atoms with Crippen molar-refractivity contribution in [1.29, 1.82) is 5.26 Å². The van der Waals surface area contributed by atoms with Crippen molar-refractivity contribution >= 4 is 12.0 Å². The number of hydroxylamine groups is 2. The van der Waals surface area contributed by atoms with Crippen molar-refractivity contribution in [2.75, 3.05) is 39.4 Å². The molecule has 1 aromatic carbocycles. The average molecular weight is 470 g/mol. The second-order valence-electron chi connectivity index (χ2n) is 9.67. The van der Waals surface area contributed by atoms with Crippen molar-refractivity contribution in [2.45, 2.75) is 56.7 Å². The second-order valence-corrected chi connectivity index (χ2v) is 9.67. The van der Waals surface area contributed by atoms with Gasteiger partial charge < -0.3 is 20.2 Å². The van der Waals surface area contributed by atoms with E-state index in [0.29, 0.717) is 51.7 Å². The van der Waals surface area contributed by atoms with Gasteiger partial charge in [0, 0.05) is 19.6 Å². The molecule has 34 heavy (non-hydrogen) atoms. The summed E-state index contributed by atoms with van der Waals surface area (Å²) in [7, 11) is 0. The molecule has 1 unspecified atom stereocenters. The normalized spacial score (nSPS) is 22.1. The van der Waals surface area contributed by atoms with Crippen molar-refractivity contribution in [2.24, 2.45) is 5.92 Å². The van der Waals surface area contributed by atoms with Crippen molar-refractivity contribution < 1.29 is 19.2 Å². The van der Waals surface area contributed by atoms with Crippen molar-refractivity contribution in [3.8, 4) is 6.07 Å². The molecule has 3 aliphatic rings. The summed E-state index contributed by atoms with van der Waals surface area (Å²) in [5.74, 6) is 0.0626. The van der Waals surface area contributed by atoms with E-state index in [1.54, 1.807) is 5.06 Å². The molecule has 2 heterocycles. The standard InChI is InChI=1S/C25H35N5O4/c26-17-25(18-29(19-25)16-21-9-5-2-6-10-21)28-23(31)22(15-20-7-3-1-4-8-20)27-24(32)34-30-11-13-33-14-12-30/h2,5-6,9-10,20,22H,1,3-4,7-8,11-16,18-19H2,(H,27,32)(H,28,31). The van der Waals surface area contributed by atoms with E-state index in [1.165, 1.54) is 12.0 Å². The Balaban J connectivity index is 1.34. The molecule has 1 atom stereocenters. The van der Waals surface area contributed by atoms with Crippen LogP contribution in [0.3, 0.4) is 0 Å². The lowest BCUT2D eigenvalue weighted by Gasteiger charge is -2.46. The van der Waals surface area contributed by atoms with Gasteiger partial charge in [0.15, 0.2) is 5.54 Å². The first kappa shape index (κ1) is 24.5. The van der Waals surface area contributed by atoms with Crippen LogP contribution in [-0.4, -0.2) is 72.9 Å². The molecular weight excluding hydrogens is 434 g/mol. The van der Waals surface area contributed by atoms with Crippen LogP contribution in [0, 0.1) is 17.2 Å². The number of nitrogens with zero attached hydrogens (tertiary/aromatic N) is 3. The summed E-state index contributed by atoms with van der Waals surface area (Å²) >= 11 is 0. The van der Waals surface area contributed by atoms with Crippen molar-refractivity contribution in [3.05, 3.63) is 35.9 Å². The smallest absolute Gasteiger partial charge is 0.379 e. The van der Waals surface area contributed by atoms with Crippen LogP contribution in [0.2, 0.25) is 0 Å². The van der Waals surface area contributed by atoms with Gasteiger partial charge in [0.25, 0.3) is 0 Å². The maximum atomic E-state index is 13.3. The Morgan fingerprint density at radius 1 is 1.15 bits per heavy atom. The van der Waals surface area contributed by atoms with E-state index in [1.807, 2.05) is 18.2 Å². The Morgan fingerprint density at radius 3 is 2.53 bits per heavy atom. The van der Waals surface area contributed by atoms with Gasteiger partial charge in [-0.2, -0.15) is 5.26 Å². The summed E-state index contributed by atoms with van der Waals surface area (Å²) < 4.78 is 5.28. The van der Waals surface area contributed by atoms with Crippen LogP contribution < -0.4 is 10.6 Å². The van der Waals surface area contributed by atoms with Crippen molar-refractivity contribution in [1.82, 2.24) is 20.6 Å². The van der Waals surface area contributed by atoms with Gasteiger partial charge in [0.2, 0.25) is 5.91 Å². The zero-order valence-electron chi connectivity index (χ0n) is 19.7. The Labute approximate surface area is 201 Å². The average Bonchev–Trinajstić information content (AvgIpc) is 2.84. The Kier molecular flexibility index (Phi) is 8.38. The van der Waals surface area contributed by atoms with Gasteiger partial charge in [-0.1, -0.05) is 62.4 Å². The van der Waals surface area contributed by atoms with Crippen molar-refractivity contribution in [3.63, 3.8) is 0 Å². The molecule has 3 fully saturated rings. The summed E-state index contributed by atoms with van der Waals surface area (Å²) in [6.45, 7) is 3.66. The first-order chi connectivity index (χ1) is 16.5. The minimum Gasteiger partial charge on any atom is -0.379 e. The zero-order chi connectivity index (χ0) is 23.8. The van der Waals surface area contributed by atoms with Crippen LogP contribution in [0.25, 0.3) is 0 Å². The van der Waals surface area contributed by atoms with Crippen LogP contribution in [0.1, 0.15) is 44.1 Å². The van der Waals surface area contributed by atoms with E-state index >= 15 is 0 Å². The van der Waals surface area contributed by atoms with Crippen LogP contribution in [-0.2, 0) is 20.9 Å². The van der Waals surface area contributed by atoms with E-state index in [4.69, 9.17) is 9.57 Å². The molecule has 4 rings (SSSR count). The minimum absolute atomic E-state index is 0.314. The predicted molar refractivity (Wildman–Crippen MR) is 125 cm³/mol. The number of nitriles is 1. The molecule has 0 aromatic heterocycles. The van der Waals surface area contributed by atoms with Gasteiger partial charge in [-0.05, 0) is 17.9 Å². The number of likely N-dealkylation sites (tertiary alicyclic amines) is 1. The molecule has 1 aliphatic carbocycles. The number of benzene rings is 1. The van der Waals surface area contributed by atoms with Crippen LogP contribution in [0.15, 0.2) is 30.3 Å². The summed E-state index contributed by atoms with van der Waals surface area (Å²) in [5.41, 5.74) is 0.231. The molecule has 184 valence electrons. The number of rotatable bonds is 8. The summed E-state index contributed by atoms with van der Waals surface area (Å²) in [4.78, 5) is 33.4. The third-order valence-electron chi connectivity index (χ3n) is 6.90. The molecule has 9 nitrogen and oxygen atoms in total. The molecule has 1 saturated carbocycles. The second kappa shape index (κ2) is 11.6. The molecule has 2 saturated heterocycles. The lowest BCUT2D eigenvalue weighted by molar-refractivity contribution is -0.148. The van der Waals surface area contributed by atoms with Gasteiger partial charge in [-0.3, -0.25) is 9.69 Å². The predicted octanol–water partition coefficient (Wildman–Crippen LogP) is 2.19. The molecular formula is C25H35N5O4. The minimum atomic E-state index is -0.938. The maximum Gasteiger partial charge on any atom is 0.426 e. The first-order valence-corrected chi connectivity index (χ1v) is 12.4. The summed E-state index contributed by atoms with van der Waals surface area (Å²) in [6.07, 6.45) is 5.54. The fraction of sp³-hybridized carbons (Fsp3) is 0.640. The lowest BCUT2D eigenvalue weighted by atomic mass is 9.84. The van der Waals surface area contributed by atoms with Gasteiger partial charge in [-0.15, -0.1) is 5.06 Å². The third kappa shape index (κ3) is 6.69. The zero-order valence-corrected chi connectivity index (χ0v) is 19.7. The monoisotopic (exact) mass is 469 g/mol. The van der Waals surface area contributed by atoms with E-state index in [0.717, 1.165) is 32.2 Å². The number of hydrogen-bond acceptors (Lipinski definition) is 7. The number of nitrogens with one attached hydrogen (secondary N) is 2. The van der Waals surface area contributed by atoms with E-state index in [2.05, 4.69) is 33.7 Å². The number of morpholine rings is 1. The summed E-state index contributed by atoms with van der Waals surface area (Å²) in [6, 6.07) is 11.6. The number of carbonyl (C=O) groups excluding carboxylic acids is 2. The number of carbonyl (C=O) groups is 2. The van der Waals surface area contributed by atoms with Gasteiger partial charge in [0.05, 0.1) is 32.4 Å². The Morgan fingerprint density at radius 2 is 1.85 bits per heavy atom. The quantitative estimate of drug-likeness (QED) is 0.601. The third-order valence-corrected chi connectivity index (χ3v) is 6.90. The van der Waals surface area contributed by atoms with Crippen LogP contribution >= 0.6 is 0 Å². The Hall–Kier alpha value is -2.67. The Bertz CT molecular complexity index is 856.